The maximum Gasteiger partial charge on any atom is 0.203 e. The van der Waals surface area contributed by atoms with E-state index in [1.165, 1.54) is 0 Å². The number of hydrogen-bond donors (Lipinski definition) is 1. The lowest BCUT2D eigenvalue weighted by molar-refractivity contribution is 0.768. The van der Waals surface area contributed by atoms with Gasteiger partial charge in [0.2, 0.25) is 5.95 Å². The monoisotopic (exact) mass is 375 g/mol. The molecule has 0 unspecified atom stereocenters. The highest BCUT2D eigenvalue weighted by Gasteiger charge is 2.23. The van der Waals surface area contributed by atoms with Crippen molar-refractivity contribution in [1.29, 1.82) is 5.26 Å². The lowest BCUT2D eigenvalue weighted by Crippen LogP contribution is -2.32. The van der Waals surface area contributed by atoms with Crippen molar-refractivity contribution < 1.29 is 0 Å². The summed E-state index contributed by atoms with van der Waals surface area (Å²) in [6.07, 6.45) is 2.57. The molecular formula is C21H25N7. The molecule has 1 saturated heterocycles. The number of aryl methyl sites for hydroxylation is 1. The number of rotatable bonds is 4. The van der Waals surface area contributed by atoms with Gasteiger partial charge in [-0.2, -0.15) is 10.4 Å². The molecule has 3 aromatic rings. The fourth-order valence-electron chi connectivity index (χ4n) is 3.93. The van der Waals surface area contributed by atoms with Crippen LogP contribution in [0, 0.1) is 11.3 Å². The molecule has 4 rings (SSSR count). The van der Waals surface area contributed by atoms with E-state index < -0.39 is 0 Å². The van der Waals surface area contributed by atoms with Crippen LogP contribution in [0.3, 0.4) is 0 Å². The van der Waals surface area contributed by atoms with Gasteiger partial charge in [-0.1, -0.05) is 26.0 Å². The predicted molar refractivity (Wildman–Crippen MR) is 111 cm³/mol. The summed E-state index contributed by atoms with van der Waals surface area (Å²) < 4.78 is 0. The third-order valence-electron chi connectivity index (χ3n) is 5.41. The normalized spacial score (nSPS) is 14.9. The highest BCUT2D eigenvalue weighted by Crippen LogP contribution is 2.25. The summed E-state index contributed by atoms with van der Waals surface area (Å²) in [5.41, 5.74) is 4.69. The number of anilines is 2. The molecule has 0 amide bonds. The Balaban J connectivity index is 1.58. The van der Waals surface area contributed by atoms with Crippen LogP contribution >= 0.6 is 0 Å². The minimum atomic E-state index is 0.687. The van der Waals surface area contributed by atoms with Gasteiger partial charge in [-0.3, -0.25) is 0 Å². The van der Waals surface area contributed by atoms with Gasteiger partial charge in [-0.25, -0.2) is 4.98 Å². The van der Waals surface area contributed by atoms with Crippen LogP contribution < -0.4 is 9.80 Å². The zero-order valence-electron chi connectivity index (χ0n) is 16.4. The number of nitriles is 1. The van der Waals surface area contributed by atoms with Gasteiger partial charge in [0.25, 0.3) is 0 Å². The second-order valence-corrected chi connectivity index (χ2v) is 7.05. The van der Waals surface area contributed by atoms with Crippen molar-refractivity contribution >= 4 is 22.8 Å². The first kappa shape index (κ1) is 18.2. The Hall–Kier alpha value is -3.14. The minimum Gasteiger partial charge on any atom is -0.352 e. The molecule has 144 valence electrons. The highest BCUT2D eigenvalue weighted by atomic mass is 15.3. The number of H-pyrrole nitrogens is 1. The van der Waals surface area contributed by atoms with E-state index in [1.807, 2.05) is 24.3 Å². The van der Waals surface area contributed by atoms with Crippen LogP contribution in [0.5, 0.6) is 0 Å². The Bertz CT molecular complexity index is 984. The second-order valence-electron chi connectivity index (χ2n) is 7.05. The zero-order chi connectivity index (χ0) is 19.5. The SMILES string of the molecule is CCc1nnc(N2CCCN(c3nc4ccccc4[nH]3)CC2)c(C#N)c1CC. The van der Waals surface area contributed by atoms with Crippen LogP contribution in [0.25, 0.3) is 11.0 Å². The van der Waals surface area contributed by atoms with Crippen LogP contribution in [0.15, 0.2) is 24.3 Å². The van der Waals surface area contributed by atoms with Gasteiger partial charge < -0.3 is 14.8 Å². The number of aromatic nitrogens is 4. The largest absolute Gasteiger partial charge is 0.352 e. The van der Waals surface area contributed by atoms with Gasteiger partial charge in [0.15, 0.2) is 5.82 Å². The molecule has 28 heavy (non-hydrogen) atoms. The van der Waals surface area contributed by atoms with E-state index in [2.05, 4.69) is 44.9 Å². The van der Waals surface area contributed by atoms with Crippen molar-refractivity contribution in [2.45, 2.75) is 33.1 Å². The molecule has 0 atom stereocenters. The van der Waals surface area contributed by atoms with Crippen LogP contribution in [-0.2, 0) is 12.8 Å². The zero-order valence-corrected chi connectivity index (χ0v) is 16.4. The third kappa shape index (κ3) is 3.26. The molecular weight excluding hydrogens is 350 g/mol. The Morgan fingerprint density at radius 2 is 1.82 bits per heavy atom. The molecule has 1 aromatic carbocycles. The molecule has 1 N–H and O–H groups in total. The molecule has 0 radical (unpaired) electrons. The van der Waals surface area contributed by atoms with E-state index >= 15 is 0 Å². The quantitative estimate of drug-likeness (QED) is 0.754. The van der Waals surface area contributed by atoms with E-state index in [-0.39, 0.29) is 0 Å². The average molecular weight is 375 g/mol. The summed E-state index contributed by atoms with van der Waals surface area (Å²) in [4.78, 5) is 12.6. The molecule has 0 bridgehead atoms. The maximum absolute atomic E-state index is 9.79. The maximum atomic E-state index is 9.79. The lowest BCUT2D eigenvalue weighted by Gasteiger charge is -2.24. The van der Waals surface area contributed by atoms with Crippen molar-refractivity contribution in [2.75, 3.05) is 36.0 Å². The van der Waals surface area contributed by atoms with E-state index in [1.54, 1.807) is 0 Å². The topological polar surface area (TPSA) is 84.7 Å². The van der Waals surface area contributed by atoms with Gasteiger partial charge in [-0.15, -0.1) is 5.10 Å². The van der Waals surface area contributed by atoms with Crippen LogP contribution in [0.1, 0.15) is 37.1 Å². The Morgan fingerprint density at radius 3 is 2.57 bits per heavy atom. The number of nitrogens with one attached hydrogen (secondary N) is 1. The Labute approximate surface area is 165 Å². The minimum absolute atomic E-state index is 0.687. The summed E-state index contributed by atoms with van der Waals surface area (Å²) in [6.45, 7) is 7.51. The summed E-state index contributed by atoms with van der Waals surface area (Å²) in [5, 5.41) is 18.6. The Kier molecular flexibility index (Phi) is 5.11. The fraction of sp³-hybridized carbons (Fsp3) is 0.429. The molecule has 2 aromatic heterocycles. The molecule has 7 heteroatoms. The van der Waals surface area contributed by atoms with E-state index in [0.29, 0.717) is 5.56 Å². The molecule has 0 aliphatic carbocycles. The fourth-order valence-corrected chi connectivity index (χ4v) is 3.93. The second kappa shape index (κ2) is 7.85. The predicted octanol–water partition coefficient (Wildman–Crippen LogP) is 3.07. The Morgan fingerprint density at radius 1 is 1.04 bits per heavy atom. The van der Waals surface area contributed by atoms with Gasteiger partial charge in [-0.05, 0) is 37.0 Å². The summed E-state index contributed by atoms with van der Waals surface area (Å²) in [6, 6.07) is 10.5. The molecule has 0 spiro atoms. The smallest absolute Gasteiger partial charge is 0.203 e. The molecule has 7 nitrogen and oxygen atoms in total. The van der Waals surface area contributed by atoms with Gasteiger partial charge in [0.1, 0.15) is 11.6 Å². The van der Waals surface area contributed by atoms with Gasteiger partial charge >= 0.3 is 0 Å². The van der Waals surface area contributed by atoms with E-state index in [4.69, 9.17) is 4.98 Å². The van der Waals surface area contributed by atoms with Crippen molar-refractivity contribution in [3.8, 4) is 6.07 Å². The summed E-state index contributed by atoms with van der Waals surface area (Å²) in [7, 11) is 0. The van der Waals surface area contributed by atoms with Crippen molar-refractivity contribution in [3.63, 3.8) is 0 Å². The lowest BCUT2D eigenvalue weighted by atomic mass is 10.0. The van der Waals surface area contributed by atoms with Crippen LogP contribution in [0.4, 0.5) is 11.8 Å². The van der Waals surface area contributed by atoms with Crippen LogP contribution in [-0.4, -0.2) is 46.3 Å². The molecule has 1 aliphatic heterocycles. The molecule has 0 saturated carbocycles. The van der Waals surface area contributed by atoms with Gasteiger partial charge in [0, 0.05) is 26.2 Å². The van der Waals surface area contributed by atoms with Crippen molar-refractivity contribution in [2.24, 2.45) is 0 Å². The van der Waals surface area contributed by atoms with Crippen molar-refractivity contribution in [3.05, 3.63) is 41.1 Å². The van der Waals surface area contributed by atoms with Crippen LogP contribution in [0.2, 0.25) is 0 Å². The number of aromatic amines is 1. The highest BCUT2D eigenvalue weighted by molar-refractivity contribution is 5.77. The average Bonchev–Trinajstić information content (AvgIpc) is 3.02. The van der Waals surface area contributed by atoms with Gasteiger partial charge in [0.05, 0.1) is 16.7 Å². The number of para-hydroxylation sites is 2. The summed E-state index contributed by atoms with van der Waals surface area (Å²) >= 11 is 0. The first-order valence-electron chi connectivity index (χ1n) is 9.98. The first-order chi connectivity index (χ1) is 13.7. The van der Waals surface area contributed by atoms with E-state index in [0.717, 1.165) is 79.5 Å². The molecule has 1 aliphatic rings. The third-order valence-corrected chi connectivity index (χ3v) is 5.41. The van der Waals surface area contributed by atoms with E-state index in [9.17, 15) is 5.26 Å². The number of nitrogens with zero attached hydrogens (tertiary/aromatic N) is 6. The first-order valence-corrected chi connectivity index (χ1v) is 9.98. The number of fused-ring (bicyclic) bond motifs is 1. The molecule has 1 fully saturated rings. The standard InChI is InChI=1S/C21H25N7/c1-3-15-16(14-22)20(26-25-17(15)4-2)27-10-7-11-28(13-12-27)21-23-18-8-5-6-9-19(18)24-21/h5-6,8-9H,3-4,7,10-13H2,1-2H3,(H,23,24). The van der Waals surface area contributed by atoms with Crippen molar-refractivity contribution in [1.82, 2.24) is 20.2 Å². The molecule has 3 heterocycles. The number of hydrogen-bond acceptors (Lipinski definition) is 6. The number of benzene rings is 1. The summed E-state index contributed by atoms with van der Waals surface area (Å²) in [5.74, 6) is 1.63. The number of imidazole rings is 1.